The number of hydrogen-bond acceptors (Lipinski definition) is 7. The number of fused-ring (bicyclic) bond motifs is 5. The van der Waals surface area contributed by atoms with Gasteiger partial charge in [-0.15, -0.1) is 4.91 Å². The van der Waals surface area contributed by atoms with E-state index in [9.17, 15) is 14.8 Å². The molecule has 242 valence electrons. The maximum Gasteiger partial charge on any atom is 0.286 e. The lowest BCUT2D eigenvalue weighted by Gasteiger charge is -2.66. The van der Waals surface area contributed by atoms with E-state index in [1.54, 1.807) is 0 Å². The lowest BCUT2D eigenvalue weighted by atomic mass is 9.41. The fourth-order valence-corrected chi connectivity index (χ4v) is 10.6. The zero-order valence-electron chi connectivity index (χ0n) is 27.3. The van der Waals surface area contributed by atoms with Gasteiger partial charge in [0.1, 0.15) is 0 Å². The molecule has 4 aliphatic rings. The number of nitrogens with one attached hydrogen (secondary N) is 3. The zero-order chi connectivity index (χ0) is 30.4. The molecule has 4 unspecified atom stereocenters. The zero-order valence-corrected chi connectivity index (χ0v) is 27.3. The van der Waals surface area contributed by atoms with Gasteiger partial charge in [0.05, 0.1) is 6.10 Å². The Morgan fingerprint density at radius 1 is 0.952 bits per heavy atom. The second-order valence-corrected chi connectivity index (χ2v) is 15.3. The fourth-order valence-electron chi connectivity index (χ4n) is 10.6. The number of rotatable bonds is 16. The second-order valence-electron chi connectivity index (χ2n) is 15.3. The third kappa shape index (κ3) is 7.14. The van der Waals surface area contributed by atoms with Gasteiger partial charge in [0, 0.05) is 36.3 Å². The maximum atomic E-state index is 11.8. The number of unbranched alkanes of at least 4 members (excludes halogenated alkanes) is 1. The van der Waals surface area contributed by atoms with Crippen molar-refractivity contribution in [2.45, 2.75) is 135 Å². The van der Waals surface area contributed by atoms with E-state index in [-0.39, 0.29) is 28.9 Å². The van der Waals surface area contributed by atoms with Crippen LogP contribution >= 0.6 is 0 Å². The van der Waals surface area contributed by atoms with Gasteiger partial charge >= 0.3 is 0 Å². The van der Waals surface area contributed by atoms with Gasteiger partial charge in [0.25, 0.3) is 5.91 Å². The summed E-state index contributed by atoms with van der Waals surface area (Å²) in [7, 11) is 0. The summed E-state index contributed by atoms with van der Waals surface area (Å²) in [5, 5.41) is 25.3. The summed E-state index contributed by atoms with van der Waals surface area (Å²) < 4.78 is 0. The van der Waals surface area contributed by atoms with Gasteiger partial charge in [-0.3, -0.25) is 4.79 Å². The quantitative estimate of drug-likeness (QED) is 0.125. The van der Waals surface area contributed by atoms with Gasteiger partial charge < -0.3 is 26.8 Å². The highest BCUT2D eigenvalue weighted by molar-refractivity contribution is 5.76. The first-order valence-corrected chi connectivity index (χ1v) is 17.6. The number of carbonyl (C=O) groups excluding carboxylic acids is 1. The van der Waals surface area contributed by atoms with Gasteiger partial charge in [-0.25, -0.2) is 0 Å². The normalized spacial score (nSPS) is 40.1. The number of aliphatic hydroxyl groups excluding tert-OH is 1. The Labute approximate surface area is 255 Å². The minimum Gasteiger partial charge on any atom is -0.393 e. The molecule has 0 aliphatic heterocycles. The Morgan fingerprint density at radius 3 is 2.43 bits per heavy atom. The Hall–Kier alpha value is -0.930. The van der Waals surface area contributed by atoms with Gasteiger partial charge in [-0.2, -0.15) is 0 Å². The van der Waals surface area contributed by atoms with Crippen molar-refractivity contribution >= 4 is 5.91 Å². The molecule has 4 fully saturated rings. The molecule has 4 aliphatic carbocycles. The van der Waals surface area contributed by atoms with Crippen molar-refractivity contribution in [2.75, 3.05) is 32.7 Å². The largest absolute Gasteiger partial charge is 0.393 e. The van der Waals surface area contributed by atoms with Crippen LogP contribution in [-0.4, -0.2) is 61.4 Å². The van der Waals surface area contributed by atoms with Crippen molar-refractivity contribution in [3.05, 3.63) is 4.91 Å². The van der Waals surface area contributed by atoms with Crippen molar-refractivity contribution in [1.29, 1.82) is 0 Å². The van der Waals surface area contributed by atoms with Crippen molar-refractivity contribution in [1.82, 2.24) is 16.0 Å². The monoisotopic (exact) mass is 589 g/mol. The van der Waals surface area contributed by atoms with Crippen LogP contribution in [0.25, 0.3) is 0 Å². The number of nitroso groups, excluding NO2 is 1. The minimum absolute atomic E-state index is 0.0747. The first-order valence-electron chi connectivity index (χ1n) is 17.6. The Morgan fingerprint density at radius 2 is 1.69 bits per heavy atom. The van der Waals surface area contributed by atoms with Gasteiger partial charge in [0.15, 0.2) is 0 Å². The third-order valence-electron chi connectivity index (χ3n) is 13.0. The lowest BCUT2D eigenvalue weighted by Crippen LogP contribution is -2.71. The van der Waals surface area contributed by atoms with Crippen LogP contribution in [0.3, 0.4) is 0 Å². The molecule has 0 bridgehead atoms. The van der Waals surface area contributed by atoms with E-state index < -0.39 is 5.91 Å². The highest BCUT2D eigenvalue weighted by Crippen LogP contribution is 2.68. The highest BCUT2D eigenvalue weighted by atomic mass is 16.3. The van der Waals surface area contributed by atoms with Crippen molar-refractivity contribution in [2.24, 2.45) is 51.3 Å². The number of carbonyl (C=O) groups is 1. The van der Waals surface area contributed by atoms with Crippen LogP contribution in [0.5, 0.6) is 0 Å². The van der Waals surface area contributed by atoms with Crippen molar-refractivity contribution in [3.8, 4) is 0 Å². The topological polar surface area (TPSA) is 129 Å². The number of nitrogens with zero attached hydrogens (tertiary/aromatic N) is 1. The van der Waals surface area contributed by atoms with Crippen LogP contribution in [0.4, 0.5) is 0 Å². The summed E-state index contributed by atoms with van der Waals surface area (Å²) in [4.78, 5) is 21.9. The molecule has 4 saturated carbocycles. The van der Waals surface area contributed by atoms with E-state index >= 15 is 0 Å². The summed E-state index contributed by atoms with van der Waals surface area (Å²) in [6, 6.07) is 0.427. The van der Waals surface area contributed by atoms with E-state index in [1.807, 2.05) is 0 Å². The Balaban J connectivity index is 1.28. The number of amides is 1. The smallest absolute Gasteiger partial charge is 0.286 e. The van der Waals surface area contributed by atoms with E-state index in [0.29, 0.717) is 35.6 Å². The van der Waals surface area contributed by atoms with Gasteiger partial charge in [-0.05, 0) is 137 Å². The molecule has 0 spiro atoms. The predicted octanol–water partition coefficient (Wildman–Crippen LogP) is 5.12. The van der Waals surface area contributed by atoms with Crippen LogP contribution in [0.1, 0.15) is 118 Å². The van der Waals surface area contributed by atoms with E-state index in [4.69, 9.17) is 5.73 Å². The maximum absolute atomic E-state index is 11.8. The fraction of sp³-hybridized carbons (Fsp3) is 0.971. The molecular weight excluding hydrogens is 526 g/mol. The Bertz CT molecular complexity index is 889. The minimum atomic E-state index is -0.523. The molecule has 8 nitrogen and oxygen atoms in total. The highest BCUT2D eigenvalue weighted by Gasteiger charge is 2.66. The molecule has 4 rings (SSSR count). The number of hydrogen-bond donors (Lipinski definition) is 5. The average Bonchev–Trinajstić information content (AvgIpc) is 3.31. The molecule has 0 aromatic carbocycles. The van der Waals surface area contributed by atoms with Gasteiger partial charge in [0.2, 0.25) is 0 Å². The second kappa shape index (κ2) is 14.9. The van der Waals surface area contributed by atoms with Crippen LogP contribution in [0.15, 0.2) is 5.18 Å². The molecule has 42 heavy (non-hydrogen) atoms. The third-order valence-corrected chi connectivity index (χ3v) is 13.0. The first kappa shape index (κ1) is 34.0. The molecule has 6 N–H and O–H groups in total. The predicted molar refractivity (Wildman–Crippen MR) is 171 cm³/mol. The molecule has 0 saturated heterocycles. The van der Waals surface area contributed by atoms with E-state index in [2.05, 4.69) is 48.8 Å². The summed E-state index contributed by atoms with van der Waals surface area (Å²) in [6.45, 7) is 14.8. The van der Waals surface area contributed by atoms with Crippen molar-refractivity contribution in [3.63, 3.8) is 0 Å². The van der Waals surface area contributed by atoms with E-state index in [0.717, 1.165) is 77.7 Å². The van der Waals surface area contributed by atoms with Crippen molar-refractivity contribution < 1.29 is 9.90 Å². The summed E-state index contributed by atoms with van der Waals surface area (Å²) in [5.74, 6) is 1.97. The molecule has 0 radical (unpaired) electrons. The molecule has 1 amide bonds. The molecule has 0 aromatic rings. The van der Waals surface area contributed by atoms with Crippen LogP contribution in [0, 0.1) is 45.3 Å². The SMILES string of the molecule is CCCCNCCCNCCN[C@H]1CC[C@]2(C)C3CC[C@@]4(C)C(CC[C@@H]4C(C)CCCC(=O)N=O)C3[C@H](O)C[C@@]2(N)C1. The summed E-state index contributed by atoms with van der Waals surface area (Å²) in [5.41, 5.74) is 7.35. The van der Waals surface area contributed by atoms with E-state index in [1.165, 1.54) is 38.5 Å². The van der Waals surface area contributed by atoms with Crippen LogP contribution in [0.2, 0.25) is 0 Å². The number of nitrogens with two attached hydrogens (primary N) is 1. The van der Waals surface area contributed by atoms with Crippen LogP contribution in [-0.2, 0) is 4.79 Å². The standard InChI is InChI=1S/C34H63N5O3/c1-5-6-17-36-18-8-19-37-20-21-38-25-13-16-33(4)28-14-15-32(3)26(24(2)9-7-10-30(41)39-42)11-12-27(32)31(28)29(40)23-34(33,35)22-25/h24-29,31,36-38,40H,5-23,35H2,1-4H3/t24?,25-,26+,27?,28?,29+,31?,32+,33+,34-/m0/s1. The molecule has 0 aromatic heterocycles. The molecule has 0 heterocycles. The molecular formula is C34H63N5O3. The molecule has 8 heteroatoms. The lowest BCUT2D eigenvalue weighted by molar-refractivity contribution is -0.175. The average molecular weight is 590 g/mol. The first-order chi connectivity index (χ1) is 20.1. The van der Waals surface area contributed by atoms with Crippen LogP contribution < -0.4 is 21.7 Å². The Kier molecular flexibility index (Phi) is 12.0. The summed E-state index contributed by atoms with van der Waals surface area (Å²) >= 11 is 0. The number of aliphatic hydroxyl groups is 1. The summed E-state index contributed by atoms with van der Waals surface area (Å²) in [6.07, 6.45) is 14.1. The molecule has 10 atom stereocenters. The van der Waals surface area contributed by atoms with Gasteiger partial charge in [-0.1, -0.05) is 34.1 Å².